The van der Waals surface area contributed by atoms with E-state index in [9.17, 15) is 4.79 Å². The summed E-state index contributed by atoms with van der Waals surface area (Å²) in [6, 6.07) is 8.37. The molecule has 0 aliphatic heterocycles. The molecule has 3 nitrogen and oxygen atoms in total. The molecule has 0 fully saturated rings. The lowest BCUT2D eigenvalue weighted by Gasteiger charge is -2.19. The van der Waals surface area contributed by atoms with Crippen molar-refractivity contribution in [2.24, 2.45) is 5.73 Å². The van der Waals surface area contributed by atoms with Crippen LogP contribution in [0.5, 0.6) is 0 Å². The molecule has 0 heterocycles. The molecule has 1 aromatic rings. The van der Waals surface area contributed by atoms with Crippen LogP contribution in [0, 0.1) is 6.92 Å². The summed E-state index contributed by atoms with van der Waals surface area (Å²) in [5.74, 6) is 0.341. The van der Waals surface area contributed by atoms with Crippen LogP contribution in [-0.4, -0.2) is 18.5 Å². The first-order valence-electron chi connectivity index (χ1n) is 7.63. The van der Waals surface area contributed by atoms with Crippen LogP contribution < -0.4 is 11.1 Å². The molecule has 0 aliphatic carbocycles. The lowest BCUT2D eigenvalue weighted by atomic mass is 9.93. The highest BCUT2D eigenvalue weighted by Crippen LogP contribution is 2.22. The maximum Gasteiger partial charge on any atom is 0.220 e. The van der Waals surface area contributed by atoms with Crippen molar-refractivity contribution in [3.05, 3.63) is 35.4 Å². The van der Waals surface area contributed by atoms with Crippen LogP contribution in [0.25, 0.3) is 0 Å². The number of hydrogen-bond acceptors (Lipinski definition) is 2. The number of amides is 1. The molecule has 0 aliphatic rings. The third kappa shape index (κ3) is 6.96. The molecule has 1 amide bonds. The van der Waals surface area contributed by atoms with Gasteiger partial charge in [-0.05, 0) is 30.4 Å². The van der Waals surface area contributed by atoms with Crippen LogP contribution in [0.3, 0.4) is 0 Å². The Morgan fingerprint density at radius 3 is 2.57 bits per heavy atom. The van der Waals surface area contributed by atoms with E-state index in [1.807, 2.05) is 12.1 Å². The highest BCUT2D eigenvalue weighted by Gasteiger charge is 2.15. The summed E-state index contributed by atoms with van der Waals surface area (Å²) in [6.45, 7) is 6.86. The summed E-state index contributed by atoms with van der Waals surface area (Å²) >= 11 is 0. The Morgan fingerprint density at radius 1 is 1.33 bits per heavy atom. The zero-order chi connectivity index (χ0) is 15.0. The van der Waals surface area contributed by atoms with Gasteiger partial charge in [0.1, 0.15) is 0 Å². The third-order valence-electron chi connectivity index (χ3n) is 3.77. The Kier molecular flexibility index (Phi) is 10.1. The molecule has 0 saturated carbocycles. The van der Waals surface area contributed by atoms with Gasteiger partial charge in [-0.1, -0.05) is 51.0 Å². The molecule has 2 atom stereocenters. The molecule has 0 spiro atoms. The molecular formula is C17H29ClN2O. The van der Waals surface area contributed by atoms with Crippen molar-refractivity contribution in [3.63, 3.8) is 0 Å². The number of nitrogens with one attached hydrogen (secondary N) is 1. The molecule has 21 heavy (non-hydrogen) atoms. The van der Waals surface area contributed by atoms with Gasteiger partial charge in [0.15, 0.2) is 0 Å². The van der Waals surface area contributed by atoms with Gasteiger partial charge in [0, 0.05) is 19.0 Å². The quantitative estimate of drug-likeness (QED) is 0.771. The number of hydrogen-bond donors (Lipinski definition) is 2. The van der Waals surface area contributed by atoms with Crippen molar-refractivity contribution in [1.82, 2.24) is 5.32 Å². The van der Waals surface area contributed by atoms with Crippen LogP contribution in [0.2, 0.25) is 0 Å². The molecule has 0 saturated heterocycles. The largest absolute Gasteiger partial charge is 0.352 e. The van der Waals surface area contributed by atoms with E-state index in [-0.39, 0.29) is 30.3 Å². The van der Waals surface area contributed by atoms with E-state index >= 15 is 0 Å². The van der Waals surface area contributed by atoms with Gasteiger partial charge < -0.3 is 11.1 Å². The number of nitrogens with two attached hydrogens (primary N) is 1. The van der Waals surface area contributed by atoms with Gasteiger partial charge in [-0.2, -0.15) is 0 Å². The molecule has 0 radical (unpaired) electrons. The minimum Gasteiger partial charge on any atom is -0.352 e. The number of carbonyl (C=O) groups excluding carboxylic acids is 1. The Bertz CT molecular complexity index is 423. The average molecular weight is 313 g/mol. The van der Waals surface area contributed by atoms with E-state index in [2.05, 4.69) is 38.2 Å². The van der Waals surface area contributed by atoms with Crippen LogP contribution in [0.4, 0.5) is 0 Å². The van der Waals surface area contributed by atoms with E-state index in [1.54, 1.807) is 0 Å². The second kappa shape index (κ2) is 10.6. The first-order chi connectivity index (χ1) is 9.58. The third-order valence-corrected chi connectivity index (χ3v) is 3.77. The maximum atomic E-state index is 12.1. The monoisotopic (exact) mass is 312 g/mol. The molecule has 3 N–H and O–H groups in total. The molecule has 0 aromatic heterocycles. The van der Waals surface area contributed by atoms with E-state index in [4.69, 9.17) is 5.73 Å². The molecule has 2 unspecified atom stereocenters. The normalized spacial score (nSPS) is 13.1. The fourth-order valence-electron chi connectivity index (χ4n) is 2.51. The smallest absolute Gasteiger partial charge is 0.220 e. The number of unbranched alkanes of at least 4 members (excludes halogenated alkanes) is 1. The van der Waals surface area contributed by atoms with Crippen molar-refractivity contribution >= 4 is 18.3 Å². The Hall–Kier alpha value is -1.06. The zero-order valence-electron chi connectivity index (χ0n) is 13.4. The number of aryl methyl sites for hydroxylation is 1. The Morgan fingerprint density at radius 2 is 2.00 bits per heavy atom. The van der Waals surface area contributed by atoms with E-state index in [0.29, 0.717) is 13.0 Å². The van der Waals surface area contributed by atoms with Gasteiger partial charge in [0.25, 0.3) is 0 Å². The van der Waals surface area contributed by atoms with Gasteiger partial charge in [-0.15, -0.1) is 12.4 Å². The molecular weight excluding hydrogens is 284 g/mol. The van der Waals surface area contributed by atoms with Crippen LogP contribution in [0.15, 0.2) is 24.3 Å². The molecule has 120 valence electrons. The summed E-state index contributed by atoms with van der Waals surface area (Å²) in [6.07, 6.45) is 3.73. The zero-order valence-corrected chi connectivity index (χ0v) is 14.2. The lowest BCUT2D eigenvalue weighted by molar-refractivity contribution is -0.122. The minimum absolute atomic E-state index is 0. The summed E-state index contributed by atoms with van der Waals surface area (Å²) in [7, 11) is 0. The van der Waals surface area contributed by atoms with Crippen molar-refractivity contribution < 1.29 is 4.79 Å². The van der Waals surface area contributed by atoms with Gasteiger partial charge in [0.05, 0.1) is 0 Å². The van der Waals surface area contributed by atoms with Crippen molar-refractivity contribution in [2.75, 3.05) is 6.54 Å². The predicted octanol–water partition coefficient (Wildman–Crippen LogP) is 3.54. The van der Waals surface area contributed by atoms with Crippen molar-refractivity contribution in [3.8, 4) is 0 Å². The standard InChI is InChI=1S/C17H28N2O.ClH/c1-4-5-9-15(12-18)19-17(20)11-14(3)16-10-7-6-8-13(16)2;/h6-8,10,14-15H,4-5,9,11-12,18H2,1-3H3,(H,19,20);1H. The topological polar surface area (TPSA) is 55.1 Å². The van der Waals surface area contributed by atoms with Gasteiger partial charge in [0.2, 0.25) is 5.91 Å². The van der Waals surface area contributed by atoms with Crippen molar-refractivity contribution in [1.29, 1.82) is 0 Å². The Balaban J connectivity index is 0.00000400. The van der Waals surface area contributed by atoms with Gasteiger partial charge >= 0.3 is 0 Å². The first kappa shape index (κ1) is 19.9. The highest BCUT2D eigenvalue weighted by molar-refractivity contribution is 5.85. The summed E-state index contributed by atoms with van der Waals surface area (Å²) < 4.78 is 0. The van der Waals surface area contributed by atoms with Gasteiger partial charge in [-0.3, -0.25) is 4.79 Å². The number of rotatable bonds is 8. The number of benzene rings is 1. The molecule has 1 rings (SSSR count). The lowest BCUT2D eigenvalue weighted by Crippen LogP contribution is -2.40. The molecule has 4 heteroatoms. The summed E-state index contributed by atoms with van der Waals surface area (Å²) in [5, 5.41) is 3.06. The summed E-state index contributed by atoms with van der Waals surface area (Å²) in [4.78, 5) is 12.1. The number of halogens is 1. The average Bonchev–Trinajstić information content (AvgIpc) is 2.43. The SMILES string of the molecule is CCCCC(CN)NC(=O)CC(C)c1ccccc1C.Cl. The number of carbonyl (C=O) groups is 1. The fraction of sp³-hybridized carbons (Fsp3) is 0.588. The highest BCUT2D eigenvalue weighted by atomic mass is 35.5. The second-order valence-corrected chi connectivity index (χ2v) is 5.60. The summed E-state index contributed by atoms with van der Waals surface area (Å²) in [5.41, 5.74) is 8.21. The minimum atomic E-state index is 0. The second-order valence-electron chi connectivity index (χ2n) is 5.60. The van der Waals surface area contributed by atoms with Gasteiger partial charge in [-0.25, -0.2) is 0 Å². The molecule has 0 bridgehead atoms. The van der Waals surface area contributed by atoms with Crippen molar-refractivity contribution in [2.45, 2.75) is 58.4 Å². The Labute approximate surface area is 135 Å². The van der Waals surface area contributed by atoms with E-state index in [1.165, 1.54) is 11.1 Å². The fourth-order valence-corrected chi connectivity index (χ4v) is 2.51. The van der Waals surface area contributed by atoms with Crippen LogP contribution in [0.1, 0.15) is 56.6 Å². The predicted molar refractivity (Wildman–Crippen MR) is 92.0 cm³/mol. The maximum absolute atomic E-state index is 12.1. The first-order valence-corrected chi connectivity index (χ1v) is 7.63. The van der Waals surface area contributed by atoms with E-state index in [0.717, 1.165) is 19.3 Å². The molecule has 1 aromatic carbocycles. The van der Waals surface area contributed by atoms with E-state index < -0.39 is 0 Å². The van der Waals surface area contributed by atoms with Crippen LogP contribution >= 0.6 is 12.4 Å². The van der Waals surface area contributed by atoms with Crippen LogP contribution in [-0.2, 0) is 4.79 Å².